The molecule has 0 aromatic heterocycles. The molecular formula is C68H48N2. The van der Waals surface area contributed by atoms with E-state index in [1.54, 1.807) is 0 Å². The molecule has 2 nitrogen and oxygen atoms in total. The summed E-state index contributed by atoms with van der Waals surface area (Å²) in [6, 6.07) is 107. The Morgan fingerprint density at radius 1 is 0.186 bits per heavy atom. The molecule has 330 valence electrons. The fourth-order valence-corrected chi connectivity index (χ4v) is 12.0. The molecular weight excluding hydrogens is 845 g/mol. The Hall–Kier alpha value is -8.98. The van der Waals surface area contributed by atoms with Crippen molar-refractivity contribution < 1.29 is 0 Å². The van der Waals surface area contributed by atoms with E-state index >= 15 is 0 Å². The molecule has 0 radical (unpaired) electrons. The Balaban J connectivity index is 1.07. The standard InChI is InChI=1S/C68H48N2/c1-6-24-49(25-7-1)67(50-26-8-2-9-27-50)65-43-21-18-40-61(65)62-48-58(44-45-66(62)67)70(57-37-23-36-56(47-57)69(53-31-12-4-13-32-53)54-33-14-5-15-34-54)55-35-22-30-52(46-55)68(51-28-10-3-11-29-51)63-41-19-16-38-59(63)60-39-17-20-42-64(60)68/h1-48H. The van der Waals surface area contributed by atoms with Crippen molar-refractivity contribution in [1.82, 2.24) is 0 Å². The number of fused-ring (bicyclic) bond motifs is 6. The maximum absolute atomic E-state index is 2.47. The lowest BCUT2D eigenvalue weighted by atomic mass is 9.67. The zero-order valence-electron chi connectivity index (χ0n) is 38.6. The summed E-state index contributed by atoms with van der Waals surface area (Å²) in [4.78, 5) is 4.82. The van der Waals surface area contributed by atoms with Crippen LogP contribution in [0.3, 0.4) is 0 Å². The van der Waals surface area contributed by atoms with Crippen LogP contribution in [0, 0.1) is 0 Å². The van der Waals surface area contributed by atoms with Crippen LogP contribution >= 0.6 is 0 Å². The maximum Gasteiger partial charge on any atom is 0.0714 e. The first-order valence-electron chi connectivity index (χ1n) is 24.3. The lowest BCUT2D eigenvalue weighted by Gasteiger charge is -2.35. The highest BCUT2D eigenvalue weighted by molar-refractivity contribution is 5.92. The number of hydrogen-bond donors (Lipinski definition) is 0. The molecule has 0 saturated heterocycles. The minimum atomic E-state index is -0.558. The Labute approximate surface area is 410 Å². The van der Waals surface area contributed by atoms with Crippen LogP contribution in [-0.2, 0) is 10.8 Å². The lowest BCUT2D eigenvalue weighted by molar-refractivity contribution is 0.768. The van der Waals surface area contributed by atoms with Crippen LogP contribution in [-0.4, -0.2) is 0 Å². The van der Waals surface area contributed by atoms with Gasteiger partial charge in [0.25, 0.3) is 0 Å². The summed E-state index contributed by atoms with van der Waals surface area (Å²) >= 11 is 0. The van der Waals surface area contributed by atoms with E-state index < -0.39 is 10.8 Å². The molecule has 0 unspecified atom stereocenters. The first kappa shape index (κ1) is 41.2. The number of rotatable bonds is 10. The zero-order valence-corrected chi connectivity index (χ0v) is 38.6. The summed E-state index contributed by atoms with van der Waals surface area (Å²) in [6.07, 6.45) is 0. The fraction of sp³-hybridized carbons (Fsp3) is 0.0294. The van der Waals surface area contributed by atoms with E-state index in [1.807, 2.05) is 0 Å². The highest BCUT2D eigenvalue weighted by atomic mass is 15.2. The number of anilines is 6. The third kappa shape index (κ3) is 6.34. The molecule has 11 aromatic rings. The van der Waals surface area contributed by atoms with E-state index in [0.29, 0.717) is 0 Å². The van der Waals surface area contributed by atoms with Gasteiger partial charge in [0.15, 0.2) is 0 Å². The molecule has 0 spiro atoms. The SMILES string of the molecule is c1ccc(N(c2ccccc2)c2cccc(N(c3cccc(C4(c5ccccc5)c5ccccc5-c5ccccc54)c3)c3ccc4c(c3)-c3ccccc3C4(c3ccccc3)c3ccccc3)c2)cc1. The summed E-state index contributed by atoms with van der Waals surface area (Å²) in [5.74, 6) is 0. The number of hydrogen-bond acceptors (Lipinski definition) is 2. The average Bonchev–Trinajstić information content (AvgIpc) is 3.91. The summed E-state index contributed by atoms with van der Waals surface area (Å²) in [7, 11) is 0. The molecule has 0 amide bonds. The molecule has 0 bridgehead atoms. The molecule has 11 aromatic carbocycles. The highest BCUT2D eigenvalue weighted by Crippen LogP contribution is 2.59. The van der Waals surface area contributed by atoms with Crippen molar-refractivity contribution in [3.63, 3.8) is 0 Å². The van der Waals surface area contributed by atoms with Crippen LogP contribution in [0.25, 0.3) is 22.3 Å². The van der Waals surface area contributed by atoms with Gasteiger partial charge in [-0.25, -0.2) is 0 Å². The van der Waals surface area contributed by atoms with Crippen molar-refractivity contribution in [2.24, 2.45) is 0 Å². The quantitative estimate of drug-likeness (QED) is 0.135. The van der Waals surface area contributed by atoms with E-state index in [2.05, 4.69) is 301 Å². The average molecular weight is 893 g/mol. The van der Waals surface area contributed by atoms with E-state index in [-0.39, 0.29) is 0 Å². The fourth-order valence-electron chi connectivity index (χ4n) is 12.0. The summed E-state index contributed by atoms with van der Waals surface area (Å²) < 4.78 is 0. The third-order valence-electron chi connectivity index (χ3n) is 14.8. The van der Waals surface area contributed by atoms with Gasteiger partial charge in [-0.05, 0) is 133 Å². The van der Waals surface area contributed by atoms with Gasteiger partial charge in [-0.1, -0.05) is 224 Å². The molecule has 2 aliphatic rings. The van der Waals surface area contributed by atoms with Crippen molar-refractivity contribution in [3.8, 4) is 22.3 Å². The Bertz CT molecular complexity index is 3540. The minimum Gasteiger partial charge on any atom is -0.310 e. The van der Waals surface area contributed by atoms with Gasteiger partial charge in [0.05, 0.1) is 10.8 Å². The largest absolute Gasteiger partial charge is 0.310 e. The van der Waals surface area contributed by atoms with Gasteiger partial charge in [0, 0.05) is 34.1 Å². The van der Waals surface area contributed by atoms with Gasteiger partial charge in [-0.3, -0.25) is 0 Å². The zero-order chi connectivity index (χ0) is 46.5. The molecule has 0 heterocycles. The molecule has 0 saturated carbocycles. The maximum atomic E-state index is 2.47. The topological polar surface area (TPSA) is 6.48 Å². The van der Waals surface area contributed by atoms with Crippen molar-refractivity contribution in [3.05, 3.63) is 336 Å². The summed E-state index contributed by atoms with van der Waals surface area (Å²) in [5, 5.41) is 0. The van der Waals surface area contributed by atoms with E-state index in [9.17, 15) is 0 Å². The molecule has 0 atom stereocenters. The minimum absolute atomic E-state index is 0.505. The molecule has 2 aliphatic carbocycles. The smallest absolute Gasteiger partial charge is 0.0714 e. The molecule has 70 heavy (non-hydrogen) atoms. The van der Waals surface area contributed by atoms with Crippen molar-refractivity contribution in [1.29, 1.82) is 0 Å². The third-order valence-corrected chi connectivity index (χ3v) is 14.8. The predicted octanol–water partition coefficient (Wildman–Crippen LogP) is 17.4. The summed E-state index contributed by atoms with van der Waals surface area (Å²) in [5.41, 5.74) is 20.5. The Morgan fingerprint density at radius 3 is 0.957 bits per heavy atom. The molecule has 0 N–H and O–H groups in total. The van der Waals surface area contributed by atoms with Crippen LogP contribution in [0.15, 0.2) is 291 Å². The molecule has 0 fully saturated rings. The Morgan fingerprint density at radius 2 is 0.486 bits per heavy atom. The van der Waals surface area contributed by atoms with Gasteiger partial charge in [0.1, 0.15) is 0 Å². The van der Waals surface area contributed by atoms with Crippen molar-refractivity contribution in [2.45, 2.75) is 10.8 Å². The second-order valence-electron chi connectivity index (χ2n) is 18.4. The number of nitrogens with zero attached hydrogens (tertiary/aromatic N) is 2. The first-order chi connectivity index (χ1) is 34.7. The highest BCUT2D eigenvalue weighted by Gasteiger charge is 2.48. The predicted molar refractivity (Wildman–Crippen MR) is 290 cm³/mol. The first-order valence-corrected chi connectivity index (χ1v) is 24.3. The van der Waals surface area contributed by atoms with E-state index in [4.69, 9.17) is 0 Å². The monoisotopic (exact) mass is 892 g/mol. The van der Waals surface area contributed by atoms with Crippen LogP contribution in [0.2, 0.25) is 0 Å². The van der Waals surface area contributed by atoms with Crippen molar-refractivity contribution >= 4 is 34.1 Å². The molecule has 0 aliphatic heterocycles. The second kappa shape index (κ2) is 17.0. The Kier molecular flexibility index (Phi) is 9.99. The molecule has 13 rings (SSSR count). The van der Waals surface area contributed by atoms with Crippen molar-refractivity contribution in [2.75, 3.05) is 9.80 Å². The van der Waals surface area contributed by atoms with Crippen LogP contribution in [0.5, 0.6) is 0 Å². The van der Waals surface area contributed by atoms with Gasteiger partial charge >= 0.3 is 0 Å². The number of benzene rings is 11. The van der Waals surface area contributed by atoms with Crippen LogP contribution < -0.4 is 9.80 Å². The van der Waals surface area contributed by atoms with Gasteiger partial charge in [0.2, 0.25) is 0 Å². The normalized spacial score (nSPS) is 13.4. The molecule has 2 heteroatoms. The van der Waals surface area contributed by atoms with Gasteiger partial charge in [-0.15, -0.1) is 0 Å². The second-order valence-corrected chi connectivity index (χ2v) is 18.4. The van der Waals surface area contributed by atoms with E-state index in [0.717, 1.165) is 34.1 Å². The number of para-hydroxylation sites is 2. The summed E-state index contributed by atoms with van der Waals surface area (Å²) in [6.45, 7) is 0. The van der Waals surface area contributed by atoms with Gasteiger partial charge < -0.3 is 9.80 Å². The van der Waals surface area contributed by atoms with Gasteiger partial charge in [-0.2, -0.15) is 0 Å². The van der Waals surface area contributed by atoms with Crippen LogP contribution in [0.1, 0.15) is 44.5 Å². The van der Waals surface area contributed by atoms with Crippen LogP contribution in [0.4, 0.5) is 34.1 Å². The lowest BCUT2D eigenvalue weighted by Crippen LogP contribution is -2.29. The van der Waals surface area contributed by atoms with E-state index in [1.165, 1.54) is 66.8 Å².